The van der Waals surface area contributed by atoms with E-state index in [1.54, 1.807) is 0 Å². The van der Waals surface area contributed by atoms with Crippen molar-refractivity contribution in [3.05, 3.63) is 46.7 Å². The van der Waals surface area contributed by atoms with E-state index < -0.39 is 0 Å². The van der Waals surface area contributed by atoms with E-state index in [2.05, 4.69) is 5.32 Å². The smallest absolute Gasteiger partial charge is 0.134 e. The molecule has 1 aromatic carbocycles. The molecule has 84 valence electrons. The van der Waals surface area contributed by atoms with E-state index in [4.69, 9.17) is 16.0 Å². The van der Waals surface area contributed by atoms with Crippen LogP contribution in [0.4, 0.5) is 0 Å². The molecule has 0 fully saturated rings. The second-order valence-corrected chi connectivity index (χ2v) is 4.12. The molecule has 16 heavy (non-hydrogen) atoms. The quantitative estimate of drug-likeness (QED) is 0.879. The van der Waals surface area contributed by atoms with Gasteiger partial charge >= 0.3 is 0 Å². The largest absolute Gasteiger partial charge is 0.460 e. The van der Waals surface area contributed by atoms with Crippen LogP contribution < -0.4 is 5.32 Å². The third kappa shape index (κ3) is 2.13. The predicted molar refractivity (Wildman–Crippen MR) is 66.7 cm³/mol. The SMILES string of the molecule is CNCc1ccc(-c2cccc(Cl)c2C)o1. The highest BCUT2D eigenvalue weighted by atomic mass is 35.5. The van der Waals surface area contributed by atoms with Crippen molar-refractivity contribution in [3.63, 3.8) is 0 Å². The molecule has 2 aromatic rings. The van der Waals surface area contributed by atoms with Gasteiger partial charge in [0.2, 0.25) is 0 Å². The molecule has 0 aliphatic heterocycles. The molecule has 1 heterocycles. The molecule has 0 aliphatic carbocycles. The minimum atomic E-state index is 0.736. The van der Waals surface area contributed by atoms with Crippen LogP contribution >= 0.6 is 11.6 Å². The molecule has 1 aromatic heterocycles. The van der Waals surface area contributed by atoms with Gasteiger partial charge in [0, 0.05) is 10.6 Å². The molecule has 3 heteroatoms. The van der Waals surface area contributed by atoms with Crippen LogP contribution in [0.2, 0.25) is 5.02 Å². The standard InChI is InChI=1S/C13H14ClNO/c1-9-11(4-3-5-12(9)14)13-7-6-10(16-13)8-15-2/h3-7,15H,8H2,1-2H3. The maximum Gasteiger partial charge on any atom is 0.134 e. The van der Waals surface area contributed by atoms with Gasteiger partial charge in [-0.05, 0) is 37.7 Å². The maximum atomic E-state index is 6.08. The first-order chi connectivity index (χ1) is 7.72. The summed E-state index contributed by atoms with van der Waals surface area (Å²) in [5, 5.41) is 3.82. The van der Waals surface area contributed by atoms with Crippen LogP contribution in [0, 0.1) is 6.92 Å². The van der Waals surface area contributed by atoms with Gasteiger partial charge in [0.25, 0.3) is 0 Å². The summed E-state index contributed by atoms with van der Waals surface area (Å²) in [7, 11) is 1.90. The first-order valence-corrected chi connectivity index (χ1v) is 5.59. The van der Waals surface area contributed by atoms with Crippen LogP contribution in [-0.4, -0.2) is 7.05 Å². The number of halogens is 1. The van der Waals surface area contributed by atoms with Crippen molar-refractivity contribution in [1.82, 2.24) is 5.32 Å². The Hall–Kier alpha value is -1.25. The first kappa shape index (κ1) is 11.2. The second kappa shape index (κ2) is 4.73. The summed E-state index contributed by atoms with van der Waals surface area (Å²) in [6, 6.07) is 9.80. The lowest BCUT2D eigenvalue weighted by molar-refractivity contribution is 0.507. The van der Waals surface area contributed by atoms with Crippen molar-refractivity contribution in [3.8, 4) is 11.3 Å². The Morgan fingerprint density at radius 2 is 2.06 bits per heavy atom. The third-order valence-corrected chi connectivity index (χ3v) is 2.96. The molecular formula is C13H14ClNO. The number of nitrogens with one attached hydrogen (secondary N) is 1. The van der Waals surface area contributed by atoms with E-state index in [9.17, 15) is 0 Å². The van der Waals surface area contributed by atoms with Crippen molar-refractivity contribution in [1.29, 1.82) is 0 Å². The summed E-state index contributed by atoms with van der Waals surface area (Å²) in [5.74, 6) is 1.79. The fraction of sp³-hybridized carbons (Fsp3) is 0.231. The van der Waals surface area contributed by atoms with Crippen LogP contribution in [0.3, 0.4) is 0 Å². The van der Waals surface area contributed by atoms with Gasteiger partial charge in [0.15, 0.2) is 0 Å². The van der Waals surface area contributed by atoms with Crippen molar-refractivity contribution in [2.75, 3.05) is 7.05 Å². The van der Waals surface area contributed by atoms with Gasteiger partial charge in [-0.2, -0.15) is 0 Å². The van der Waals surface area contributed by atoms with Crippen LogP contribution in [0.1, 0.15) is 11.3 Å². The first-order valence-electron chi connectivity index (χ1n) is 5.21. The predicted octanol–water partition coefficient (Wildman–Crippen LogP) is 3.63. The molecule has 1 N–H and O–H groups in total. The minimum Gasteiger partial charge on any atom is -0.460 e. The Morgan fingerprint density at radius 3 is 2.81 bits per heavy atom. The molecule has 2 rings (SSSR count). The Balaban J connectivity index is 2.39. The van der Waals surface area contributed by atoms with Crippen LogP contribution in [0.5, 0.6) is 0 Å². The zero-order valence-electron chi connectivity index (χ0n) is 9.38. The lowest BCUT2D eigenvalue weighted by atomic mass is 10.1. The molecule has 0 unspecified atom stereocenters. The Labute approximate surface area is 100 Å². The highest BCUT2D eigenvalue weighted by molar-refractivity contribution is 6.31. The van der Waals surface area contributed by atoms with Crippen LogP contribution in [0.25, 0.3) is 11.3 Å². The number of furan rings is 1. The van der Waals surface area contributed by atoms with E-state index in [1.165, 1.54) is 0 Å². The van der Waals surface area contributed by atoms with E-state index in [0.29, 0.717) is 0 Å². The number of rotatable bonds is 3. The van der Waals surface area contributed by atoms with Gasteiger partial charge in [-0.25, -0.2) is 0 Å². The highest BCUT2D eigenvalue weighted by Crippen LogP contribution is 2.29. The zero-order valence-corrected chi connectivity index (χ0v) is 10.1. The van der Waals surface area contributed by atoms with Crippen LogP contribution in [-0.2, 0) is 6.54 Å². The van der Waals surface area contributed by atoms with E-state index >= 15 is 0 Å². The normalized spacial score (nSPS) is 10.7. The monoisotopic (exact) mass is 235 g/mol. The van der Waals surface area contributed by atoms with Gasteiger partial charge in [0.05, 0.1) is 6.54 Å². The van der Waals surface area contributed by atoms with Gasteiger partial charge in [0.1, 0.15) is 11.5 Å². The lowest BCUT2D eigenvalue weighted by Crippen LogP contribution is -2.03. The van der Waals surface area contributed by atoms with Gasteiger partial charge in [-0.1, -0.05) is 23.7 Å². The molecule has 0 aliphatic rings. The van der Waals surface area contributed by atoms with E-state index in [0.717, 1.165) is 34.2 Å². The summed E-state index contributed by atoms with van der Waals surface area (Å²) in [5.41, 5.74) is 2.10. The molecule has 0 saturated carbocycles. The van der Waals surface area contributed by atoms with Gasteiger partial charge in [-0.3, -0.25) is 0 Å². The fourth-order valence-electron chi connectivity index (χ4n) is 1.67. The molecule has 0 saturated heterocycles. The molecular weight excluding hydrogens is 222 g/mol. The maximum absolute atomic E-state index is 6.08. The third-order valence-electron chi connectivity index (χ3n) is 2.55. The number of benzene rings is 1. The summed E-state index contributed by atoms with van der Waals surface area (Å²) >= 11 is 6.08. The van der Waals surface area contributed by atoms with Crippen LogP contribution in [0.15, 0.2) is 34.7 Å². The lowest BCUT2D eigenvalue weighted by Gasteiger charge is -2.04. The summed E-state index contributed by atoms with van der Waals surface area (Å²) in [4.78, 5) is 0. The molecule has 2 nitrogen and oxygen atoms in total. The zero-order chi connectivity index (χ0) is 11.5. The summed E-state index contributed by atoms with van der Waals surface area (Å²) < 4.78 is 5.72. The highest BCUT2D eigenvalue weighted by Gasteiger charge is 2.08. The second-order valence-electron chi connectivity index (χ2n) is 3.71. The fourth-order valence-corrected chi connectivity index (χ4v) is 1.84. The van der Waals surface area contributed by atoms with Crippen molar-refractivity contribution < 1.29 is 4.42 Å². The van der Waals surface area contributed by atoms with Gasteiger partial charge < -0.3 is 9.73 Å². The van der Waals surface area contributed by atoms with Gasteiger partial charge in [-0.15, -0.1) is 0 Å². The van der Waals surface area contributed by atoms with E-state index in [1.807, 2.05) is 44.3 Å². The molecule has 0 radical (unpaired) electrons. The molecule has 0 spiro atoms. The topological polar surface area (TPSA) is 25.2 Å². The number of hydrogen-bond acceptors (Lipinski definition) is 2. The van der Waals surface area contributed by atoms with Crippen molar-refractivity contribution >= 4 is 11.6 Å². The Morgan fingerprint density at radius 1 is 1.25 bits per heavy atom. The van der Waals surface area contributed by atoms with Crippen molar-refractivity contribution in [2.45, 2.75) is 13.5 Å². The summed E-state index contributed by atoms with van der Waals surface area (Å²) in [6.45, 7) is 2.73. The average molecular weight is 236 g/mol. The Kier molecular flexibility index (Phi) is 3.32. The van der Waals surface area contributed by atoms with E-state index in [-0.39, 0.29) is 0 Å². The average Bonchev–Trinajstić information content (AvgIpc) is 2.71. The summed E-state index contributed by atoms with van der Waals surface area (Å²) in [6.07, 6.45) is 0. The molecule has 0 bridgehead atoms. The Bertz CT molecular complexity index is 490. The minimum absolute atomic E-state index is 0.736. The molecule has 0 atom stereocenters. The molecule has 0 amide bonds. The number of hydrogen-bond donors (Lipinski definition) is 1. The van der Waals surface area contributed by atoms with Crippen molar-refractivity contribution in [2.24, 2.45) is 0 Å².